The summed E-state index contributed by atoms with van der Waals surface area (Å²) in [6, 6.07) is 16.2. The van der Waals surface area contributed by atoms with Crippen LogP contribution in [0.15, 0.2) is 60.7 Å². The Balaban J connectivity index is 1.88. The molecule has 0 fully saturated rings. The quantitative estimate of drug-likeness (QED) is 0.558. The van der Waals surface area contributed by atoms with Crippen molar-refractivity contribution in [2.45, 2.75) is 19.6 Å². The number of carbonyl (C=O) groups excluding carboxylic acids is 1. The van der Waals surface area contributed by atoms with Crippen LogP contribution in [0.1, 0.15) is 27.3 Å². The maximum absolute atomic E-state index is 13.2. The topological polar surface area (TPSA) is 41.4 Å². The summed E-state index contributed by atoms with van der Waals surface area (Å²) >= 11 is 0. The second-order valence-corrected chi connectivity index (χ2v) is 7.65. The Morgan fingerprint density at radius 2 is 1.71 bits per heavy atom. The highest BCUT2D eigenvalue weighted by Gasteiger charge is 2.30. The third-order valence-electron chi connectivity index (χ3n) is 4.84. The molecule has 5 nitrogen and oxygen atoms in total. The maximum atomic E-state index is 13.2. The number of aryl methyl sites for hydroxylation is 1. The average Bonchev–Trinajstić information content (AvgIpc) is 3.12. The molecule has 164 valence electrons. The Kier molecular flexibility index (Phi) is 6.80. The molecule has 0 saturated carbocycles. The molecule has 8 heteroatoms. The number of hydrogen-bond donors (Lipinski definition) is 0. The normalized spacial score (nSPS) is 11.7. The summed E-state index contributed by atoms with van der Waals surface area (Å²) in [6.07, 6.45) is -4.43. The molecule has 0 N–H and O–H groups in total. The van der Waals surface area contributed by atoms with Crippen LogP contribution in [0, 0.1) is 6.92 Å². The van der Waals surface area contributed by atoms with Crippen LogP contribution in [0.2, 0.25) is 0 Å². The lowest BCUT2D eigenvalue weighted by Crippen LogP contribution is -2.36. The summed E-state index contributed by atoms with van der Waals surface area (Å²) in [5.74, 6) is -0.322. The van der Waals surface area contributed by atoms with Gasteiger partial charge in [0.2, 0.25) is 0 Å². The molecule has 0 unspecified atom stereocenters. The van der Waals surface area contributed by atoms with Gasteiger partial charge in [0, 0.05) is 25.3 Å². The van der Waals surface area contributed by atoms with Crippen LogP contribution < -0.4 is 0 Å². The van der Waals surface area contributed by atoms with Crippen LogP contribution in [0.3, 0.4) is 0 Å². The fourth-order valence-electron chi connectivity index (χ4n) is 3.21. The van der Waals surface area contributed by atoms with Crippen molar-refractivity contribution in [3.8, 4) is 5.69 Å². The Labute approximate surface area is 179 Å². The molecule has 1 aromatic heterocycles. The minimum atomic E-state index is -4.43. The molecule has 0 atom stereocenters. The van der Waals surface area contributed by atoms with E-state index in [1.54, 1.807) is 16.8 Å². The lowest BCUT2D eigenvalue weighted by Gasteiger charge is -2.24. The van der Waals surface area contributed by atoms with Crippen molar-refractivity contribution in [1.82, 2.24) is 19.6 Å². The van der Waals surface area contributed by atoms with Gasteiger partial charge in [-0.25, -0.2) is 4.68 Å². The summed E-state index contributed by atoms with van der Waals surface area (Å²) < 4.78 is 41.0. The molecule has 0 aliphatic carbocycles. The minimum Gasteiger partial charge on any atom is -0.332 e. The molecule has 3 aromatic rings. The summed E-state index contributed by atoms with van der Waals surface area (Å²) in [5, 5.41) is 4.46. The number of likely N-dealkylation sites (N-methyl/N-ethyl adjacent to an activating group) is 1. The van der Waals surface area contributed by atoms with Crippen molar-refractivity contribution in [1.29, 1.82) is 0 Å². The molecule has 0 spiro atoms. The number of para-hydroxylation sites is 1. The van der Waals surface area contributed by atoms with Crippen LogP contribution in [0.4, 0.5) is 13.2 Å². The van der Waals surface area contributed by atoms with E-state index in [4.69, 9.17) is 0 Å². The Morgan fingerprint density at radius 1 is 1.00 bits per heavy atom. The Morgan fingerprint density at radius 3 is 2.35 bits per heavy atom. The molecular formula is C23H25F3N4O. The Bertz CT molecular complexity index is 1030. The highest BCUT2D eigenvalue weighted by Crippen LogP contribution is 2.30. The van der Waals surface area contributed by atoms with E-state index in [-0.39, 0.29) is 18.1 Å². The van der Waals surface area contributed by atoms with Gasteiger partial charge in [0.1, 0.15) is 0 Å². The monoisotopic (exact) mass is 430 g/mol. The van der Waals surface area contributed by atoms with Crippen LogP contribution in [0.5, 0.6) is 0 Å². The smallest absolute Gasteiger partial charge is 0.332 e. The van der Waals surface area contributed by atoms with Crippen LogP contribution in [0.25, 0.3) is 5.69 Å². The van der Waals surface area contributed by atoms with Gasteiger partial charge in [-0.3, -0.25) is 4.79 Å². The van der Waals surface area contributed by atoms with Crippen molar-refractivity contribution in [3.63, 3.8) is 0 Å². The SMILES string of the molecule is Cc1cc(C(=O)N(CCN(C)C)Cc2cccc(C(F)(F)F)c2)nn1-c1ccccc1. The van der Waals surface area contributed by atoms with Crippen LogP contribution >= 0.6 is 0 Å². The standard InChI is InChI=1S/C23H25F3N4O/c1-17-14-21(27-30(17)20-10-5-4-6-11-20)22(31)29(13-12-28(2)3)16-18-8-7-9-19(15-18)23(24,25)26/h4-11,14-15H,12-13,16H2,1-3H3. The number of carbonyl (C=O) groups is 1. The molecule has 31 heavy (non-hydrogen) atoms. The predicted molar refractivity (Wildman–Crippen MR) is 113 cm³/mol. The van der Waals surface area contributed by atoms with Crippen molar-refractivity contribution in [2.24, 2.45) is 0 Å². The lowest BCUT2D eigenvalue weighted by molar-refractivity contribution is -0.137. The highest BCUT2D eigenvalue weighted by atomic mass is 19.4. The van der Waals surface area contributed by atoms with Gasteiger partial charge in [0.15, 0.2) is 5.69 Å². The number of amides is 1. The fraction of sp³-hybridized carbons (Fsp3) is 0.304. The summed E-state index contributed by atoms with van der Waals surface area (Å²) in [6.45, 7) is 2.85. The van der Waals surface area contributed by atoms with E-state index in [0.717, 1.165) is 23.5 Å². The zero-order chi connectivity index (χ0) is 22.6. The fourth-order valence-corrected chi connectivity index (χ4v) is 3.21. The van der Waals surface area contributed by atoms with E-state index >= 15 is 0 Å². The number of hydrogen-bond acceptors (Lipinski definition) is 3. The minimum absolute atomic E-state index is 0.0633. The van der Waals surface area contributed by atoms with Gasteiger partial charge in [-0.15, -0.1) is 0 Å². The molecule has 0 aliphatic heterocycles. The van der Waals surface area contributed by atoms with E-state index < -0.39 is 11.7 Å². The van der Waals surface area contributed by atoms with Crippen molar-refractivity contribution in [2.75, 3.05) is 27.2 Å². The lowest BCUT2D eigenvalue weighted by atomic mass is 10.1. The first-order valence-corrected chi connectivity index (χ1v) is 9.87. The molecule has 1 amide bonds. The molecule has 1 heterocycles. The zero-order valence-corrected chi connectivity index (χ0v) is 17.7. The zero-order valence-electron chi connectivity index (χ0n) is 17.7. The van der Waals surface area contributed by atoms with Crippen LogP contribution in [-0.2, 0) is 12.7 Å². The van der Waals surface area contributed by atoms with Gasteiger partial charge in [-0.1, -0.05) is 30.3 Å². The second kappa shape index (κ2) is 9.34. The third-order valence-corrected chi connectivity index (χ3v) is 4.84. The maximum Gasteiger partial charge on any atom is 0.416 e. The predicted octanol–water partition coefficient (Wildman–Crippen LogP) is 4.40. The summed E-state index contributed by atoms with van der Waals surface area (Å²) in [5.41, 5.74) is 1.57. The number of alkyl halides is 3. The van der Waals surface area contributed by atoms with E-state index in [9.17, 15) is 18.0 Å². The third kappa shape index (κ3) is 5.73. The summed E-state index contributed by atoms with van der Waals surface area (Å²) in [4.78, 5) is 16.7. The Hall–Kier alpha value is -3.13. The molecule has 2 aromatic carbocycles. The first-order valence-electron chi connectivity index (χ1n) is 9.87. The van der Waals surface area contributed by atoms with E-state index in [2.05, 4.69) is 5.10 Å². The number of halogens is 3. The molecule has 0 saturated heterocycles. The molecule has 0 radical (unpaired) electrons. The first kappa shape index (κ1) is 22.6. The highest BCUT2D eigenvalue weighted by molar-refractivity contribution is 5.92. The van der Waals surface area contributed by atoms with Crippen molar-refractivity contribution in [3.05, 3.63) is 83.2 Å². The first-order chi connectivity index (χ1) is 14.6. The number of nitrogens with zero attached hydrogens (tertiary/aromatic N) is 4. The summed E-state index contributed by atoms with van der Waals surface area (Å²) in [7, 11) is 3.75. The van der Waals surface area contributed by atoms with Gasteiger partial charge in [0.25, 0.3) is 5.91 Å². The number of benzene rings is 2. The van der Waals surface area contributed by atoms with Crippen molar-refractivity contribution >= 4 is 5.91 Å². The van der Waals surface area contributed by atoms with Gasteiger partial charge < -0.3 is 9.80 Å². The number of rotatable bonds is 7. The van der Waals surface area contributed by atoms with E-state index in [1.807, 2.05) is 56.3 Å². The average molecular weight is 430 g/mol. The van der Waals surface area contributed by atoms with Gasteiger partial charge in [0.05, 0.1) is 11.3 Å². The van der Waals surface area contributed by atoms with E-state index in [0.29, 0.717) is 18.7 Å². The molecule has 3 rings (SSSR count). The molecule has 0 bridgehead atoms. The molecule has 0 aliphatic rings. The van der Waals surface area contributed by atoms with Gasteiger partial charge in [-0.05, 0) is 56.9 Å². The largest absolute Gasteiger partial charge is 0.416 e. The van der Waals surface area contributed by atoms with Crippen molar-refractivity contribution < 1.29 is 18.0 Å². The second-order valence-electron chi connectivity index (χ2n) is 7.65. The number of aromatic nitrogens is 2. The molecular weight excluding hydrogens is 405 g/mol. The van der Waals surface area contributed by atoms with Gasteiger partial charge >= 0.3 is 6.18 Å². The van der Waals surface area contributed by atoms with Crippen LogP contribution in [-0.4, -0.2) is 52.7 Å². The van der Waals surface area contributed by atoms with Gasteiger partial charge in [-0.2, -0.15) is 18.3 Å². The van der Waals surface area contributed by atoms with E-state index in [1.165, 1.54) is 11.0 Å².